The molecular weight excluding hydrogens is 326 g/mol. The molecule has 0 aliphatic heterocycles. The lowest BCUT2D eigenvalue weighted by molar-refractivity contribution is -0.122. The molecule has 0 atom stereocenters. The molecule has 0 saturated heterocycles. The molecule has 2 aromatic carbocycles. The van der Waals surface area contributed by atoms with Gasteiger partial charge in [-0.1, -0.05) is 35.4 Å². The Morgan fingerprint density at radius 1 is 0.958 bits per heavy atom. The van der Waals surface area contributed by atoms with Crippen molar-refractivity contribution in [2.24, 2.45) is 0 Å². The van der Waals surface area contributed by atoms with E-state index in [1.807, 2.05) is 38.1 Å². The van der Waals surface area contributed by atoms with E-state index in [-0.39, 0.29) is 24.9 Å². The van der Waals surface area contributed by atoms with Gasteiger partial charge in [0.05, 0.1) is 13.1 Å². The van der Waals surface area contributed by atoms with Crippen LogP contribution in [0, 0.1) is 13.8 Å². The predicted octanol–water partition coefficient (Wildman–Crippen LogP) is 3.12. The van der Waals surface area contributed by atoms with Gasteiger partial charge in [-0.05, 0) is 43.7 Å². The summed E-state index contributed by atoms with van der Waals surface area (Å²) in [6.45, 7) is 3.83. The number of rotatable bonds is 6. The Balaban J connectivity index is 1.75. The van der Waals surface area contributed by atoms with Gasteiger partial charge in [0, 0.05) is 16.4 Å². The number of carbonyl (C=O) groups is 2. The van der Waals surface area contributed by atoms with Gasteiger partial charge in [-0.15, -0.1) is 0 Å². The number of halogens is 1. The summed E-state index contributed by atoms with van der Waals surface area (Å²) in [5, 5.41) is 8.88. The van der Waals surface area contributed by atoms with Gasteiger partial charge in [0.1, 0.15) is 0 Å². The number of amides is 2. The van der Waals surface area contributed by atoms with Crippen LogP contribution in [0.25, 0.3) is 0 Å². The lowest BCUT2D eigenvalue weighted by Crippen LogP contribution is -2.36. The molecule has 24 heavy (non-hydrogen) atoms. The SMILES string of the molecule is Cc1ccc(NCC(=O)NCC(=O)Nc2cccc(Cl)c2C)cc1. The summed E-state index contributed by atoms with van der Waals surface area (Å²) >= 11 is 6.00. The van der Waals surface area contributed by atoms with Crippen LogP contribution >= 0.6 is 11.6 Å². The topological polar surface area (TPSA) is 70.2 Å². The van der Waals surface area contributed by atoms with E-state index in [1.54, 1.807) is 18.2 Å². The molecule has 0 bridgehead atoms. The molecule has 126 valence electrons. The first-order valence-corrected chi connectivity index (χ1v) is 7.95. The zero-order chi connectivity index (χ0) is 17.5. The van der Waals surface area contributed by atoms with Crippen molar-refractivity contribution in [1.29, 1.82) is 0 Å². The fourth-order valence-corrected chi connectivity index (χ4v) is 2.21. The second-order valence-corrected chi connectivity index (χ2v) is 5.86. The quantitative estimate of drug-likeness (QED) is 0.753. The number of hydrogen-bond acceptors (Lipinski definition) is 3. The maximum Gasteiger partial charge on any atom is 0.243 e. The summed E-state index contributed by atoms with van der Waals surface area (Å²) < 4.78 is 0. The molecule has 0 saturated carbocycles. The van der Waals surface area contributed by atoms with E-state index < -0.39 is 0 Å². The summed E-state index contributed by atoms with van der Waals surface area (Å²) in [7, 11) is 0. The van der Waals surface area contributed by atoms with Crippen LogP contribution in [0.1, 0.15) is 11.1 Å². The Hall–Kier alpha value is -2.53. The van der Waals surface area contributed by atoms with Crippen molar-refractivity contribution in [1.82, 2.24) is 5.32 Å². The molecule has 2 rings (SSSR count). The van der Waals surface area contributed by atoms with Crippen molar-refractivity contribution in [3.8, 4) is 0 Å². The standard InChI is InChI=1S/C18H20ClN3O2/c1-12-6-8-14(9-7-12)20-10-17(23)21-11-18(24)22-16-5-3-4-15(19)13(16)2/h3-9,20H,10-11H2,1-2H3,(H,21,23)(H,22,24). The van der Waals surface area contributed by atoms with Crippen LogP contribution in [0.4, 0.5) is 11.4 Å². The fraction of sp³-hybridized carbons (Fsp3) is 0.222. The van der Waals surface area contributed by atoms with E-state index >= 15 is 0 Å². The minimum Gasteiger partial charge on any atom is -0.376 e. The van der Waals surface area contributed by atoms with Crippen molar-refractivity contribution in [2.45, 2.75) is 13.8 Å². The van der Waals surface area contributed by atoms with Gasteiger partial charge in [0.2, 0.25) is 11.8 Å². The maximum atomic E-state index is 11.9. The van der Waals surface area contributed by atoms with Crippen LogP contribution in [-0.4, -0.2) is 24.9 Å². The third-order valence-electron chi connectivity index (χ3n) is 3.49. The maximum absolute atomic E-state index is 11.9. The largest absolute Gasteiger partial charge is 0.376 e. The summed E-state index contributed by atoms with van der Waals surface area (Å²) in [5.74, 6) is -0.558. The second kappa shape index (κ2) is 8.36. The molecule has 3 N–H and O–H groups in total. The van der Waals surface area contributed by atoms with Crippen LogP contribution in [-0.2, 0) is 9.59 Å². The van der Waals surface area contributed by atoms with E-state index in [0.717, 1.165) is 16.8 Å². The molecule has 0 heterocycles. The van der Waals surface area contributed by atoms with E-state index in [1.165, 1.54) is 0 Å². The first-order chi connectivity index (χ1) is 11.5. The van der Waals surface area contributed by atoms with Gasteiger partial charge in [-0.3, -0.25) is 9.59 Å². The summed E-state index contributed by atoms with van der Waals surface area (Å²) in [5.41, 5.74) is 3.44. The number of carbonyl (C=O) groups excluding carboxylic acids is 2. The van der Waals surface area contributed by atoms with Crippen LogP contribution < -0.4 is 16.0 Å². The van der Waals surface area contributed by atoms with E-state index in [9.17, 15) is 9.59 Å². The highest BCUT2D eigenvalue weighted by atomic mass is 35.5. The van der Waals surface area contributed by atoms with Gasteiger partial charge in [-0.2, -0.15) is 0 Å². The Labute approximate surface area is 146 Å². The summed E-state index contributed by atoms with van der Waals surface area (Å²) in [6, 6.07) is 13.0. The lowest BCUT2D eigenvalue weighted by atomic mass is 10.2. The Kier molecular flexibility index (Phi) is 6.21. The highest BCUT2D eigenvalue weighted by molar-refractivity contribution is 6.31. The molecule has 0 aliphatic rings. The van der Waals surface area contributed by atoms with Crippen molar-refractivity contribution in [2.75, 3.05) is 23.7 Å². The lowest BCUT2D eigenvalue weighted by Gasteiger charge is -2.11. The highest BCUT2D eigenvalue weighted by Crippen LogP contribution is 2.22. The minimum atomic E-state index is -0.302. The average Bonchev–Trinajstić information content (AvgIpc) is 2.56. The van der Waals surface area contributed by atoms with Crippen molar-refractivity contribution < 1.29 is 9.59 Å². The van der Waals surface area contributed by atoms with Crippen molar-refractivity contribution >= 4 is 34.8 Å². The third-order valence-corrected chi connectivity index (χ3v) is 3.90. The summed E-state index contributed by atoms with van der Waals surface area (Å²) in [6.07, 6.45) is 0. The number of benzene rings is 2. The molecule has 0 unspecified atom stereocenters. The van der Waals surface area contributed by atoms with Gasteiger partial charge in [-0.25, -0.2) is 0 Å². The van der Waals surface area contributed by atoms with Crippen molar-refractivity contribution in [3.05, 3.63) is 58.6 Å². The van der Waals surface area contributed by atoms with Gasteiger partial charge >= 0.3 is 0 Å². The second-order valence-electron chi connectivity index (χ2n) is 5.46. The molecular formula is C18H20ClN3O2. The highest BCUT2D eigenvalue weighted by Gasteiger charge is 2.08. The normalized spacial score (nSPS) is 10.1. The predicted molar refractivity (Wildman–Crippen MR) is 97.5 cm³/mol. The molecule has 6 heteroatoms. The minimum absolute atomic E-state index is 0.0969. The Bertz CT molecular complexity index is 730. The Morgan fingerprint density at radius 2 is 1.67 bits per heavy atom. The number of nitrogens with one attached hydrogen (secondary N) is 3. The monoisotopic (exact) mass is 345 g/mol. The number of anilines is 2. The van der Waals surface area contributed by atoms with E-state index in [4.69, 9.17) is 11.6 Å². The first kappa shape index (κ1) is 17.8. The van der Waals surface area contributed by atoms with E-state index in [2.05, 4.69) is 16.0 Å². The van der Waals surface area contributed by atoms with Crippen LogP contribution in [0.2, 0.25) is 5.02 Å². The molecule has 5 nitrogen and oxygen atoms in total. The number of hydrogen-bond donors (Lipinski definition) is 3. The smallest absolute Gasteiger partial charge is 0.243 e. The van der Waals surface area contributed by atoms with Crippen LogP contribution in [0.3, 0.4) is 0 Å². The van der Waals surface area contributed by atoms with Crippen molar-refractivity contribution in [3.63, 3.8) is 0 Å². The zero-order valence-electron chi connectivity index (χ0n) is 13.7. The van der Waals surface area contributed by atoms with Gasteiger partial charge < -0.3 is 16.0 Å². The average molecular weight is 346 g/mol. The fourth-order valence-electron chi connectivity index (χ4n) is 2.03. The molecule has 2 amide bonds. The molecule has 0 radical (unpaired) electrons. The van der Waals surface area contributed by atoms with Gasteiger partial charge in [0.15, 0.2) is 0 Å². The number of aryl methyl sites for hydroxylation is 1. The molecule has 0 fully saturated rings. The van der Waals surface area contributed by atoms with Gasteiger partial charge in [0.25, 0.3) is 0 Å². The van der Waals surface area contributed by atoms with Crippen LogP contribution in [0.15, 0.2) is 42.5 Å². The summed E-state index contributed by atoms with van der Waals surface area (Å²) in [4.78, 5) is 23.7. The molecule has 0 aromatic heterocycles. The first-order valence-electron chi connectivity index (χ1n) is 7.58. The van der Waals surface area contributed by atoms with E-state index in [0.29, 0.717) is 10.7 Å². The third kappa shape index (κ3) is 5.28. The zero-order valence-corrected chi connectivity index (χ0v) is 14.4. The Morgan fingerprint density at radius 3 is 2.38 bits per heavy atom. The molecule has 0 aliphatic carbocycles. The molecule has 0 spiro atoms. The molecule has 2 aromatic rings. The van der Waals surface area contributed by atoms with Crippen LogP contribution in [0.5, 0.6) is 0 Å².